The van der Waals surface area contributed by atoms with Crippen LogP contribution in [0.4, 0.5) is 0 Å². The van der Waals surface area contributed by atoms with Gasteiger partial charge in [0.1, 0.15) is 0 Å². The number of rotatable bonds is 4. The molecule has 0 saturated heterocycles. The van der Waals surface area contributed by atoms with E-state index in [0.29, 0.717) is 22.6 Å². The van der Waals surface area contributed by atoms with E-state index in [0.717, 1.165) is 27.6 Å². The van der Waals surface area contributed by atoms with E-state index in [1.54, 1.807) is 18.3 Å². The van der Waals surface area contributed by atoms with Gasteiger partial charge in [-0.2, -0.15) is 0 Å². The third-order valence-corrected chi connectivity index (χ3v) is 8.48. The maximum Gasteiger partial charge on any atom is 0.216 e. The van der Waals surface area contributed by atoms with Crippen LogP contribution in [0.25, 0.3) is 44.6 Å². The molecule has 0 spiro atoms. The minimum Gasteiger partial charge on any atom is -0.486 e. The molecule has 0 N–H and O–H groups in total. The maximum absolute atomic E-state index is 8.44. The molecule has 0 bridgehead atoms. The topological polar surface area (TPSA) is 51.8 Å². The molecular weight excluding hydrogens is 687 g/mol. The van der Waals surface area contributed by atoms with Gasteiger partial charge in [-0.05, 0) is 47.5 Å². The molecule has 0 amide bonds. The van der Waals surface area contributed by atoms with Gasteiger partial charge in [0.2, 0.25) is 5.71 Å². The van der Waals surface area contributed by atoms with Gasteiger partial charge in [0.15, 0.2) is 0 Å². The van der Waals surface area contributed by atoms with E-state index in [4.69, 9.17) is 9.90 Å². The Morgan fingerprint density at radius 2 is 1.73 bits per heavy atom. The van der Waals surface area contributed by atoms with Crippen LogP contribution in [0.1, 0.15) is 36.4 Å². The predicted molar refractivity (Wildman–Crippen MR) is 164 cm³/mol. The van der Waals surface area contributed by atoms with Crippen LogP contribution in [-0.4, -0.2) is 23.0 Å². The molecule has 0 atom stereocenters. The van der Waals surface area contributed by atoms with Gasteiger partial charge in [-0.3, -0.25) is 0 Å². The second-order valence-corrected chi connectivity index (χ2v) is 15.7. The number of nitrogens with zero attached hydrogens (tertiary/aromatic N) is 3. The Morgan fingerprint density at radius 3 is 2.45 bits per heavy atom. The van der Waals surface area contributed by atoms with Gasteiger partial charge in [-0.15, -0.1) is 54.1 Å². The molecule has 0 aliphatic carbocycles. The van der Waals surface area contributed by atoms with Crippen molar-refractivity contribution in [1.29, 1.82) is 0 Å². The Bertz CT molecular complexity index is 1900. The zero-order valence-electron chi connectivity index (χ0n) is 27.2. The van der Waals surface area contributed by atoms with Crippen LogP contribution in [0.2, 0.25) is 19.6 Å². The molecule has 6 aromatic rings. The molecule has 4 nitrogen and oxygen atoms in total. The fraction of sp³-hybridized carbons (Fsp3) is 0.206. The molecule has 0 aliphatic rings. The van der Waals surface area contributed by atoms with Crippen LogP contribution in [0.5, 0.6) is 0 Å². The molecular formula is C34H33IrN3OSi-2. The standard InChI is InChI=1S/C17H11N2O.C17H22NSi.Ir/c1-11-7-9-18-15(10-11)14-5-2-4-12-13-6-3-8-19-17(13)20-16(12)14;1-13(2)15-11-16(14-9-7-6-8-10-14)18-12-17(15)19(3,4)5;/h2-4,6-10H,1H3;6-9,11-13H,1-5H3;/q2*-1;/i1D3;13D;. The normalized spacial score (nSPS) is 13.3. The third kappa shape index (κ3) is 6.31. The van der Waals surface area contributed by atoms with Gasteiger partial charge in [0.25, 0.3) is 0 Å². The SMILES string of the molecule is [2H]C(C)(C)c1cc(-c2[c-]cccc2)ncc1[Si](C)(C)C.[2H]C([2H])([2H])c1ccnc(-c2[c-]ccc3c2oc2ncccc23)c1.[Ir]. The van der Waals surface area contributed by atoms with Crippen LogP contribution in [0.15, 0.2) is 89.7 Å². The van der Waals surface area contributed by atoms with Crippen LogP contribution in [-0.2, 0) is 20.1 Å². The fourth-order valence-corrected chi connectivity index (χ4v) is 6.08. The minimum absolute atomic E-state index is 0. The van der Waals surface area contributed by atoms with Gasteiger partial charge < -0.3 is 14.4 Å². The molecule has 0 saturated carbocycles. The smallest absolute Gasteiger partial charge is 0.216 e. The summed E-state index contributed by atoms with van der Waals surface area (Å²) >= 11 is 0. The van der Waals surface area contributed by atoms with E-state index in [9.17, 15) is 0 Å². The first-order chi connectivity index (χ1) is 20.2. The first kappa shape index (κ1) is 24.4. The van der Waals surface area contributed by atoms with Gasteiger partial charge in [0.05, 0.1) is 13.7 Å². The molecule has 0 unspecified atom stereocenters. The molecule has 0 aliphatic heterocycles. The van der Waals surface area contributed by atoms with Gasteiger partial charge >= 0.3 is 0 Å². The average Bonchev–Trinajstić information content (AvgIpc) is 3.35. The maximum atomic E-state index is 8.44. The Balaban J connectivity index is 0.000000199. The zero-order valence-corrected chi connectivity index (χ0v) is 26.6. The van der Waals surface area contributed by atoms with Crippen LogP contribution in [0.3, 0.4) is 0 Å². The Labute approximate surface area is 256 Å². The Morgan fingerprint density at radius 1 is 0.875 bits per heavy atom. The summed E-state index contributed by atoms with van der Waals surface area (Å²) in [6, 6.07) is 26.8. The van der Waals surface area contributed by atoms with E-state index in [-0.39, 0.29) is 25.7 Å². The van der Waals surface area contributed by atoms with Gasteiger partial charge in [-0.1, -0.05) is 67.7 Å². The monoisotopic (exact) mass is 724 g/mol. The van der Waals surface area contributed by atoms with E-state index in [1.165, 1.54) is 17.4 Å². The van der Waals surface area contributed by atoms with E-state index in [1.807, 2.05) is 62.5 Å². The summed E-state index contributed by atoms with van der Waals surface area (Å²) in [5.41, 5.74) is 5.52. The van der Waals surface area contributed by atoms with Crippen molar-refractivity contribution < 1.29 is 30.0 Å². The molecule has 2 aromatic carbocycles. The van der Waals surface area contributed by atoms with Crippen molar-refractivity contribution in [3.8, 4) is 22.5 Å². The molecule has 6 heteroatoms. The number of pyridine rings is 3. The summed E-state index contributed by atoms with van der Waals surface area (Å²) in [5.74, 6) is -0.609. The first-order valence-electron chi connectivity index (χ1n) is 14.9. The Kier molecular flexibility index (Phi) is 7.54. The number of hydrogen-bond donors (Lipinski definition) is 0. The summed E-state index contributed by atoms with van der Waals surface area (Å²) in [7, 11) is -1.50. The van der Waals surface area contributed by atoms with Crippen molar-refractivity contribution in [2.24, 2.45) is 0 Å². The largest absolute Gasteiger partial charge is 0.486 e. The minimum atomic E-state index is -2.18. The van der Waals surface area contributed by atoms with Crippen molar-refractivity contribution in [3.05, 3.63) is 109 Å². The number of aromatic nitrogens is 3. The molecule has 6 rings (SSSR count). The summed E-state index contributed by atoms with van der Waals surface area (Å²) < 4.78 is 36.9. The van der Waals surface area contributed by atoms with Crippen LogP contribution >= 0.6 is 0 Å². The van der Waals surface area contributed by atoms with Crippen molar-refractivity contribution in [3.63, 3.8) is 0 Å². The fourth-order valence-electron chi connectivity index (χ4n) is 4.50. The number of hydrogen-bond acceptors (Lipinski definition) is 4. The third-order valence-electron chi connectivity index (χ3n) is 6.46. The van der Waals surface area contributed by atoms with Gasteiger partial charge in [0, 0.05) is 49.6 Å². The molecule has 4 aromatic heterocycles. The number of benzene rings is 2. The quantitative estimate of drug-likeness (QED) is 0.136. The average molecular weight is 724 g/mol. The summed E-state index contributed by atoms with van der Waals surface area (Å²) in [6.07, 6.45) is 5.14. The second-order valence-electron chi connectivity index (χ2n) is 10.6. The van der Waals surface area contributed by atoms with E-state index in [2.05, 4.69) is 52.8 Å². The molecule has 1 radical (unpaired) electrons. The van der Waals surface area contributed by atoms with Crippen molar-refractivity contribution >= 4 is 35.3 Å². The van der Waals surface area contributed by atoms with E-state index >= 15 is 0 Å². The molecule has 40 heavy (non-hydrogen) atoms. The summed E-state index contributed by atoms with van der Waals surface area (Å²) in [5, 5.41) is 3.09. The Hall–Kier alpha value is -3.44. The molecule has 4 heterocycles. The zero-order chi connectivity index (χ0) is 31.0. The molecule has 0 fully saturated rings. The van der Waals surface area contributed by atoms with E-state index < -0.39 is 20.8 Å². The van der Waals surface area contributed by atoms with Crippen molar-refractivity contribution in [2.45, 2.75) is 46.2 Å². The van der Waals surface area contributed by atoms with Crippen molar-refractivity contribution in [2.75, 3.05) is 0 Å². The number of furan rings is 1. The van der Waals surface area contributed by atoms with Crippen molar-refractivity contribution in [1.82, 2.24) is 15.0 Å². The van der Waals surface area contributed by atoms with Crippen LogP contribution < -0.4 is 5.19 Å². The molecule has 205 valence electrons. The van der Waals surface area contributed by atoms with Crippen LogP contribution in [0, 0.1) is 19.0 Å². The number of fused-ring (bicyclic) bond motifs is 3. The first-order valence-corrected chi connectivity index (χ1v) is 16.4. The number of aryl methyl sites for hydroxylation is 1. The van der Waals surface area contributed by atoms with Gasteiger partial charge in [-0.25, -0.2) is 4.98 Å². The second kappa shape index (κ2) is 12.4. The summed E-state index contributed by atoms with van der Waals surface area (Å²) in [6.45, 7) is 8.62. The predicted octanol–water partition coefficient (Wildman–Crippen LogP) is 8.37. The summed E-state index contributed by atoms with van der Waals surface area (Å²) in [4.78, 5) is 13.1.